The van der Waals surface area contributed by atoms with Gasteiger partial charge in [-0.05, 0) is 45.7 Å². The highest BCUT2D eigenvalue weighted by Crippen LogP contribution is 2.50. The predicted molar refractivity (Wildman–Crippen MR) is 144 cm³/mol. The molecule has 39 heavy (non-hydrogen) atoms. The van der Waals surface area contributed by atoms with Gasteiger partial charge in [-0.1, -0.05) is 11.6 Å². The lowest BCUT2D eigenvalue weighted by atomic mass is 9.95. The van der Waals surface area contributed by atoms with Crippen molar-refractivity contribution < 1.29 is 22.3 Å². The number of hydrogen-bond donors (Lipinski definition) is 2. The summed E-state index contributed by atoms with van der Waals surface area (Å²) in [4.78, 5) is 13.3. The standard InChI is InChI=1S/C27H29ClF4N6O/c1-11-17-18-24(35-23(11)37(4)5)38-10-26(3)7-6-16(36-26)22(38)12(2)39-25(18)34-21(20(17)29)14-8-13(33)9-15(28)19(14)27(30,31)32/h8-9,12,16,22,36H,6-7,10,33H2,1-5H3. The summed E-state index contributed by atoms with van der Waals surface area (Å²) >= 11 is 6.02. The average Bonchev–Trinajstić information content (AvgIpc) is 3.06. The topological polar surface area (TPSA) is 79.5 Å². The van der Waals surface area contributed by atoms with Crippen molar-refractivity contribution in [3.8, 4) is 17.1 Å². The van der Waals surface area contributed by atoms with Gasteiger partial charge in [-0.2, -0.15) is 13.2 Å². The Morgan fingerprint density at radius 1 is 1.23 bits per heavy atom. The summed E-state index contributed by atoms with van der Waals surface area (Å²) in [6.07, 6.45) is -3.38. The fourth-order valence-corrected chi connectivity index (χ4v) is 6.99. The molecule has 3 aromatic rings. The molecule has 12 heteroatoms. The molecule has 3 N–H and O–H groups in total. The average molecular weight is 565 g/mol. The quantitative estimate of drug-likeness (QED) is 0.312. The number of hydrogen-bond acceptors (Lipinski definition) is 7. The van der Waals surface area contributed by atoms with Crippen LogP contribution in [0.15, 0.2) is 12.1 Å². The van der Waals surface area contributed by atoms with Crippen LogP contribution in [0.5, 0.6) is 5.88 Å². The summed E-state index contributed by atoms with van der Waals surface area (Å²) in [5, 5.41) is 3.54. The van der Waals surface area contributed by atoms with Gasteiger partial charge in [0.2, 0.25) is 5.88 Å². The molecular formula is C27H29ClF4N6O. The molecule has 4 atom stereocenters. The summed E-state index contributed by atoms with van der Waals surface area (Å²) in [6.45, 7) is 6.37. The van der Waals surface area contributed by atoms with Crippen molar-refractivity contribution >= 4 is 39.7 Å². The summed E-state index contributed by atoms with van der Waals surface area (Å²) in [5.41, 5.74) is 3.87. The van der Waals surface area contributed by atoms with E-state index in [4.69, 9.17) is 27.1 Å². The highest BCUT2D eigenvalue weighted by molar-refractivity contribution is 6.32. The Morgan fingerprint density at radius 3 is 2.62 bits per heavy atom. The molecule has 2 bridgehead atoms. The number of piperazine rings is 1. The van der Waals surface area contributed by atoms with Crippen molar-refractivity contribution in [3.05, 3.63) is 34.1 Å². The van der Waals surface area contributed by atoms with Crippen LogP contribution in [0.4, 0.5) is 34.9 Å². The van der Waals surface area contributed by atoms with Crippen LogP contribution in [0, 0.1) is 12.7 Å². The van der Waals surface area contributed by atoms with Crippen LogP contribution < -0.4 is 25.6 Å². The molecule has 5 heterocycles. The van der Waals surface area contributed by atoms with Gasteiger partial charge in [-0.3, -0.25) is 0 Å². The fraction of sp³-hybridized carbons (Fsp3) is 0.481. The Hall–Kier alpha value is -3.05. The van der Waals surface area contributed by atoms with Crippen LogP contribution in [0.25, 0.3) is 22.0 Å². The maximum absolute atomic E-state index is 16.7. The lowest BCUT2D eigenvalue weighted by Gasteiger charge is -2.46. The number of fused-ring (bicyclic) bond motifs is 5. The molecule has 7 nitrogen and oxygen atoms in total. The monoisotopic (exact) mass is 564 g/mol. The fourth-order valence-electron chi connectivity index (χ4n) is 6.65. The number of nitrogens with two attached hydrogens (primary N) is 1. The molecule has 6 rings (SSSR count). The summed E-state index contributed by atoms with van der Waals surface area (Å²) in [6, 6.07) is 2.01. The molecular weight excluding hydrogens is 536 g/mol. The van der Waals surface area contributed by atoms with Crippen LogP contribution in [-0.2, 0) is 6.18 Å². The van der Waals surface area contributed by atoms with Gasteiger partial charge in [0.05, 0.1) is 22.0 Å². The first-order valence-corrected chi connectivity index (χ1v) is 13.2. The number of nitrogen functional groups attached to an aromatic ring is 1. The molecule has 208 valence electrons. The molecule has 3 aliphatic rings. The molecule has 0 aliphatic carbocycles. The second kappa shape index (κ2) is 8.47. The number of nitrogens with zero attached hydrogens (tertiary/aromatic N) is 4. The molecule has 2 saturated heterocycles. The van der Waals surface area contributed by atoms with E-state index in [9.17, 15) is 13.2 Å². The maximum Gasteiger partial charge on any atom is 0.418 e. The third kappa shape index (κ3) is 3.88. The molecule has 2 aromatic heterocycles. The van der Waals surface area contributed by atoms with E-state index >= 15 is 4.39 Å². The van der Waals surface area contributed by atoms with E-state index < -0.39 is 39.9 Å². The molecule has 0 radical (unpaired) electrons. The SMILES string of the molecule is Cc1c(N(C)C)nc2c3c(nc(-c4cc(N)cc(Cl)c4C(F)(F)F)c(F)c13)OC(C)C1C3CCC(C)(CN21)N3. The van der Waals surface area contributed by atoms with E-state index in [0.29, 0.717) is 29.1 Å². The van der Waals surface area contributed by atoms with Crippen molar-refractivity contribution in [2.75, 3.05) is 36.2 Å². The largest absolute Gasteiger partial charge is 0.472 e. The van der Waals surface area contributed by atoms with Crippen molar-refractivity contribution in [2.24, 2.45) is 0 Å². The second-order valence-electron chi connectivity index (χ2n) is 11.3. The van der Waals surface area contributed by atoms with E-state index in [1.54, 1.807) is 25.9 Å². The van der Waals surface area contributed by atoms with Gasteiger partial charge in [0.1, 0.15) is 23.4 Å². The molecule has 1 aromatic carbocycles. The first kappa shape index (κ1) is 26.2. The van der Waals surface area contributed by atoms with E-state index in [1.165, 1.54) is 0 Å². The Labute approximate surface area is 228 Å². The van der Waals surface area contributed by atoms with Crippen molar-refractivity contribution in [2.45, 2.75) is 63.5 Å². The van der Waals surface area contributed by atoms with Crippen molar-refractivity contribution in [3.63, 3.8) is 0 Å². The van der Waals surface area contributed by atoms with Gasteiger partial charge >= 0.3 is 6.18 Å². The van der Waals surface area contributed by atoms with Crippen LogP contribution >= 0.6 is 11.6 Å². The minimum Gasteiger partial charge on any atom is -0.472 e. The second-order valence-corrected chi connectivity index (χ2v) is 11.7. The van der Waals surface area contributed by atoms with Crippen LogP contribution in [-0.4, -0.2) is 54.3 Å². The zero-order chi connectivity index (χ0) is 28.2. The number of alkyl halides is 3. The van der Waals surface area contributed by atoms with Crippen LogP contribution in [0.1, 0.15) is 37.8 Å². The third-order valence-electron chi connectivity index (χ3n) is 8.21. The van der Waals surface area contributed by atoms with E-state index in [-0.39, 0.29) is 34.6 Å². The van der Waals surface area contributed by atoms with Gasteiger partial charge in [0.15, 0.2) is 5.82 Å². The number of aryl methyl sites for hydroxylation is 1. The van der Waals surface area contributed by atoms with Gasteiger partial charge in [-0.15, -0.1) is 0 Å². The molecule has 2 fully saturated rings. The van der Waals surface area contributed by atoms with Crippen molar-refractivity contribution in [1.29, 1.82) is 0 Å². The first-order valence-electron chi connectivity index (χ1n) is 12.8. The van der Waals surface area contributed by atoms with Crippen LogP contribution in [0.3, 0.4) is 0 Å². The first-order chi connectivity index (χ1) is 18.2. The van der Waals surface area contributed by atoms with Crippen molar-refractivity contribution in [1.82, 2.24) is 15.3 Å². The minimum absolute atomic E-state index is 0.0342. The number of halogens is 5. The van der Waals surface area contributed by atoms with Gasteiger partial charge in [-0.25, -0.2) is 14.4 Å². The lowest BCUT2D eigenvalue weighted by molar-refractivity contribution is -0.137. The Kier molecular flexibility index (Phi) is 5.69. The number of ether oxygens (including phenoxy) is 1. The molecule has 0 spiro atoms. The van der Waals surface area contributed by atoms with E-state index in [2.05, 4.69) is 22.1 Å². The molecule has 4 unspecified atom stereocenters. The zero-order valence-electron chi connectivity index (χ0n) is 22.2. The number of nitrogens with one attached hydrogen (secondary N) is 1. The van der Waals surface area contributed by atoms with E-state index in [1.807, 2.05) is 6.92 Å². The zero-order valence-corrected chi connectivity index (χ0v) is 22.9. The Balaban J connectivity index is 1.72. The number of rotatable bonds is 2. The summed E-state index contributed by atoms with van der Waals surface area (Å²) < 4.78 is 65.6. The Bertz CT molecular complexity index is 1530. The smallest absolute Gasteiger partial charge is 0.418 e. The predicted octanol–water partition coefficient (Wildman–Crippen LogP) is 5.54. The normalized spacial score (nSPS) is 25.9. The molecule has 0 saturated carbocycles. The van der Waals surface area contributed by atoms with E-state index in [0.717, 1.165) is 25.0 Å². The summed E-state index contributed by atoms with van der Waals surface area (Å²) in [7, 11) is 3.59. The number of anilines is 3. The molecule has 3 aliphatic heterocycles. The highest BCUT2D eigenvalue weighted by Gasteiger charge is 2.51. The third-order valence-corrected chi connectivity index (χ3v) is 8.51. The maximum atomic E-state index is 16.7. The Morgan fingerprint density at radius 2 is 1.95 bits per heavy atom. The minimum atomic E-state index is -4.88. The number of benzene rings is 1. The lowest BCUT2D eigenvalue weighted by Crippen LogP contribution is -2.66. The van der Waals surface area contributed by atoms with Gasteiger partial charge < -0.3 is 25.6 Å². The summed E-state index contributed by atoms with van der Waals surface area (Å²) in [5.74, 6) is 0.143. The van der Waals surface area contributed by atoms with Gasteiger partial charge in [0, 0.05) is 54.4 Å². The highest BCUT2D eigenvalue weighted by atomic mass is 35.5. The van der Waals surface area contributed by atoms with Crippen LogP contribution in [0.2, 0.25) is 5.02 Å². The number of aromatic nitrogens is 2. The number of pyridine rings is 2. The van der Waals surface area contributed by atoms with Gasteiger partial charge in [0.25, 0.3) is 0 Å². The molecule has 0 amide bonds.